The van der Waals surface area contributed by atoms with Gasteiger partial charge in [0.25, 0.3) is 0 Å². The molecule has 0 bridgehead atoms. The smallest absolute Gasteiger partial charge is 0.304 e. The highest BCUT2D eigenvalue weighted by molar-refractivity contribution is 5.78. The van der Waals surface area contributed by atoms with Gasteiger partial charge in [0.15, 0.2) is 0 Å². The Balaban J connectivity index is 6.14. The highest BCUT2D eigenvalue weighted by Gasteiger charge is 2.19. The van der Waals surface area contributed by atoms with Gasteiger partial charge < -0.3 is 91.5 Å². The first-order chi connectivity index (χ1) is 35.6. The van der Waals surface area contributed by atoms with E-state index in [9.17, 15) is 57.8 Å². The van der Waals surface area contributed by atoms with Gasteiger partial charge in [0.2, 0.25) is 23.6 Å². The standard InChI is InChI=1S/C46H82N10O19/c57-35-1-17-51(22-6-40(62)63)29-13-47-36(58)2-18-55(19-3-37(59)48-14-30-52(23-7-41(64)65)24-8-42(66)67)33-34-56(20-4-38(60)49-15-31-53(25-9-43(68)69)26-10-44(70)71)21-5-39(61)50-16-32-54(27-11-45(72)73)28-12-46(74)75/h57H,1-35H2,(H,47,58)(H,48,59)(H,49,60)(H,50,61)(H,62,63)(H,64,65)(H,66,67)(H,68,69)(H,70,71)(H,72,73)(H,74,75). The van der Waals surface area contributed by atoms with Crippen LogP contribution in [0.1, 0.15) is 77.0 Å². The van der Waals surface area contributed by atoms with Crippen molar-refractivity contribution in [1.29, 1.82) is 0 Å². The van der Waals surface area contributed by atoms with Crippen LogP contribution in [0.25, 0.3) is 0 Å². The lowest BCUT2D eigenvalue weighted by Crippen LogP contribution is -2.43. The highest BCUT2D eigenvalue weighted by atomic mass is 16.4. The maximum atomic E-state index is 13.1. The lowest BCUT2D eigenvalue weighted by molar-refractivity contribution is -0.139. The first kappa shape index (κ1) is 68.9. The van der Waals surface area contributed by atoms with Gasteiger partial charge >= 0.3 is 41.8 Å². The maximum Gasteiger partial charge on any atom is 0.304 e. The number of carboxylic acids is 7. The molecule has 75 heavy (non-hydrogen) atoms. The molecule has 12 N–H and O–H groups in total. The normalized spacial score (nSPS) is 11.3. The predicted molar refractivity (Wildman–Crippen MR) is 267 cm³/mol. The average molecular weight is 1080 g/mol. The summed E-state index contributed by atoms with van der Waals surface area (Å²) in [6.07, 6.45) is -1.30. The summed E-state index contributed by atoms with van der Waals surface area (Å²) in [5.41, 5.74) is 0. The van der Waals surface area contributed by atoms with E-state index < -0.39 is 53.6 Å². The zero-order valence-electron chi connectivity index (χ0n) is 43.0. The van der Waals surface area contributed by atoms with Gasteiger partial charge in [-0.25, -0.2) is 0 Å². The van der Waals surface area contributed by atoms with Crippen molar-refractivity contribution in [1.82, 2.24) is 50.7 Å². The second-order valence-electron chi connectivity index (χ2n) is 17.5. The Bertz CT molecular complexity index is 1650. The molecule has 29 nitrogen and oxygen atoms in total. The van der Waals surface area contributed by atoms with Crippen LogP contribution in [-0.4, -0.2) is 286 Å². The molecule has 0 aliphatic rings. The molecule has 0 spiro atoms. The van der Waals surface area contributed by atoms with Crippen LogP contribution in [-0.2, 0) is 52.7 Å². The Morgan fingerprint density at radius 2 is 0.413 bits per heavy atom. The molecule has 4 amide bonds. The number of rotatable bonds is 51. The molecule has 0 fully saturated rings. The van der Waals surface area contributed by atoms with Crippen LogP contribution >= 0.6 is 0 Å². The molecule has 0 radical (unpaired) electrons. The Hall–Kier alpha value is -6.11. The summed E-state index contributed by atoms with van der Waals surface area (Å²) in [5.74, 6) is -8.91. The van der Waals surface area contributed by atoms with Crippen LogP contribution in [0.5, 0.6) is 0 Å². The lowest BCUT2D eigenvalue weighted by Gasteiger charge is -2.28. The van der Waals surface area contributed by atoms with Gasteiger partial charge in [0.1, 0.15) is 0 Å². The van der Waals surface area contributed by atoms with E-state index >= 15 is 0 Å². The molecule has 29 heteroatoms. The van der Waals surface area contributed by atoms with E-state index in [2.05, 4.69) is 21.3 Å². The van der Waals surface area contributed by atoms with Gasteiger partial charge in [0, 0.05) is 176 Å². The lowest BCUT2D eigenvalue weighted by atomic mass is 10.2. The number of nitrogens with one attached hydrogen (secondary N) is 4. The van der Waals surface area contributed by atoms with Crippen LogP contribution in [0.2, 0.25) is 0 Å². The minimum atomic E-state index is -1.07. The van der Waals surface area contributed by atoms with E-state index in [0.717, 1.165) is 0 Å². The molecule has 0 atom stereocenters. The quantitative estimate of drug-likeness (QED) is 0.0282. The van der Waals surface area contributed by atoms with E-state index in [4.69, 9.17) is 35.7 Å². The van der Waals surface area contributed by atoms with Crippen LogP contribution < -0.4 is 21.3 Å². The minimum absolute atomic E-state index is 0.0216. The molecule has 0 aromatic rings. The van der Waals surface area contributed by atoms with Crippen molar-refractivity contribution in [2.45, 2.75) is 77.0 Å². The molecule has 0 aliphatic heterocycles. The molecule has 0 aliphatic carbocycles. The van der Waals surface area contributed by atoms with Gasteiger partial charge in [-0.3, -0.25) is 52.7 Å². The molecular weight excluding hydrogens is 997 g/mol. The van der Waals surface area contributed by atoms with Gasteiger partial charge in [-0.1, -0.05) is 0 Å². The van der Waals surface area contributed by atoms with Gasteiger partial charge in [-0.05, 0) is 6.42 Å². The SMILES string of the molecule is O=C(O)CCN(CCCO)CCNC(=O)CCN(CCC(=O)NCCN(CCC(=O)O)CCC(=O)O)CCN(CCC(=O)NCCN(CCC(=O)O)CCC(=O)O)CCC(=O)NCCN(CCC(=O)O)CCC(=O)O. The number of hydrogen-bond acceptors (Lipinski definition) is 18. The summed E-state index contributed by atoms with van der Waals surface area (Å²) >= 11 is 0. The first-order valence-corrected chi connectivity index (χ1v) is 25.1. The molecule has 0 saturated carbocycles. The van der Waals surface area contributed by atoms with Crippen molar-refractivity contribution in [3.63, 3.8) is 0 Å². The van der Waals surface area contributed by atoms with Crippen LogP contribution in [0, 0.1) is 0 Å². The number of aliphatic carboxylic acids is 7. The monoisotopic (exact) mass is 1080 g/mol. The number of carboxylic acid groups (broad SMARTS) is 7. The molecule has 0 rings (SSSR count). The Kier molecular flexibility index (Phi) is 39.6. The highest BCUT2D eigenvalue weighted by Crippen LogP contribution is 2.04. The van der Waals surface area contributed by atoms with E-state index in [1.165, 1.54) is 0 Å². The zero-order valence-corrected chi connectivity index (χ0v) is 43.0. The van der Waals surface area contributed by atoms with E-state index in [1.807, 2.05) is 9.80 Å². The summed E-state index contributed by atoms with van der Waals surface area (Å²) in [6, 6.07) is 0. The van der Waals surface area contributed by atoms with Crippen molar-refractivity contribution >= 4 is 65.4 Å². The molecule has 430 valence electrons. The summed E-state index contributed by atoms with van der Waals surface area (Å²) in [5, 5.41) is 84.1. The topological polar surface area (TPSA) is 417 Å². The fourth-order valence-electron chi connectivity index (χ4n) is 7.17. The number of aliphatic hydroxyl groups excluding tert-OH is 1. The summed E-state index contributed by atoms with van der Waals surface area (Å²) in [7, 11) is 0. The second kappa shape index (κ2) is 43.2. The number of carbonyl (C=O) groups is 11. The zero-order chi connectivity index (χ0) is 56.4. The predicted octanol–water partition coefficient (Wildman–Crippen LogP) is -3.47. The summed E-state index contributed by atoms with van der Waals surface area (Å²) in [4.78, 5) is 141. The Morgan fingerprint density at radius 3 is 0.600 bits per heavy atom. The van der Waals surface area contributed by atoms with E-state index in [0.29, 0.717) is 19.5 Å². The van der Waals surface area contributed by atoms with Crippen LogP contribution in [0.3, 0.4) is 0 Å². The number of aliphatic hydroxyl groups is 1. The van der Waals surface area contributed by atoms with Crippen molar-refractivity contribution in [3.05, 3.63) is 0 Å². The Labute approximate surface area is 436 Å². The third-order valence-electron chi connectivity index (χ3n) is 11.5. The third-order valence-corrected chi connectivity index (χ3v) is 11.5. The maximum absolute atomic E-state index is 13.1. The van der Waals surface area contributed by atoms with Crippen molar-refractivity contribution in [2.75, 3.05) is 151 Å². The van der Waals surface area contributed by atoms with Gasteiger partial charge in [-0.2, -0.15) is 0 Å². The van der Waals surface area contributed by atoms with Crippen molar-refractivity contribution in [3.8, 4) is 0 Å². The molecule has 0 aromatic heterocycles. The largest absolute Gasteiger partial charge is 0.481 e. The molecule has 0 saturated heterocycles. The summed E-state index contributed by atoms with van der Waals surface area (Å²) in [6.45, 7) is 3.26. The number of nitrogens with zero attached hydrogens (tertiary/aromatic N) is 6. The number of hydrogen-bond donors (Lipinski definition) is 12. The van der Waals surface area contributed by atoms with Crippen molar-refractivity contribution in [2.24, 2.45) is 0 Å². The first-order valence-electron chi connectivity index (χ1n) is 25.1. The van der Waals surface area contributed by atoms with E-state index in [-0.39, 0.29) is 220 Å². The number of amides is 4. The number of carbonyl (C=O) groups excluding carboxylic acids is 4. The molecule has 0 aromatic carbocycles. The third kappa shape index (κ3) is 44.0. The van der Waals surface area contributed by atoms with Crippen molar-refractivity contribution < 1.29 is 93.6 Å². The van der Waals surface area contributed by atoms with Gasteiger partial charge in [0.05, 0.1) is 44.9 Å². The fourth-order valence-corrected chi connectivity index (χ4v) is 7.17. The van der Waals surface area contributed by atoms with Gasteiger partial charge in [-0.15, -0.1) is 0 Å². The average Bonchev–Trinajstić information content (AvgIpc) is 3.33. The van der Waals surface area contributed by atoms with E-state index in [1.54, 1.807) is 19.6 Å². The second-order valence-corrected chi connectivity index (χ2v) is 17.5. The Morgan fingerprint density at radius 1 is 0.240 bits per heavy atom. The molecular formula is C46H82N10O19. The fraction of sp³-hybridized carbons (Fsp3) is 0.761. The van der Waals surface area contributed by atoms with Crippen LogP contribution in [0.4, 0.5) is 0 Å². The molecule has 0 heterocycles. The molecule has 0 unspecified atom stereocenters. The van der Waals surface area contributed by atoms with Crippen LogP contribution in [0.15, 0.2) is 0 Å². The minimum Gasteiger partial charge on any atom is -0.481 e. The summed E-state index contributed by atoms with van der Waals surface area (Å²) < 4.78 is 0.